The number of nitrogens with zero attached hydrogens (tertiary/aromatic N) is 4. The van der Waals surface area contributed by atoms with Crippen molar-refractivity contribution in [1.29, 1.82) is 0 Å². The van der Waals surface area contributed by atoms with E-state index in [9.17, 15) is 4.79 Å². The number of aliphatic imine (C=N–C) groups is 1. The molecule has 1 aromatic heterocycles. The minimum Gasteiger partial charge on any atom is -0.381 e. The first-order valence-corrected chi connectivity index (χ1v) is 7.18. The molecule has 1 unspecified atom stereocenters. The topological polar surface area (TPSA) is 78.2 Å². The zero-order valence-electron chi connectivity index (χ0n) is 11.9. The van der Waals surface area contributed by atoms with Crippen LogP contribution in [0.4, 0.5) is 0 Å². The molecule has 0 bridgehead atoms. The van der Waals surface area contributed by atoms with E-state index in [1.54, 1.807) is 4.57 Å². The molecule has 2 N–H and O–H groups in total. The van der Waals surface area contributed by atoms with Crippen LogP contribution in [-0.4, -0.2) is 26.2 Å². The summed E-state index contributed by atoms with van der Waals surface area (Å²) in [7, 11) is 0. The summed E-state index contributed by atoms with van der Waals surface area (Å²) in [5.74, 6) is 0.750. The lowest BCUT2D eigenvalue weighted by Crippen LogP contribution is -2.35. The van der Waals surface area contributed by atoms with E-state index in [1.165, 1.54) is 4.68 Å². The first kappa shape index (κ1) is 12.8. The van der Waals surface area contributed by atoms with Crippen LogP contribution in [-0.2, 0) is 6.54 Å². The molecule has 0 saturated carbocycles. The lowest BCUT2D eigenvalue weighted by Gasteiger charge is -2.23. The fraction of sp³-hybridized carbons (Fsp3) is 0.188. The lowest BCUT2D eigenvalue weighted by atomic mass is 10.0. The van der Waals surface area contributed by atoms with E-state index >= 15 is 0 Å². The maximum atomic E-state index is 12.7. The van der Waals surface area contributed by atoms with Crippen molar-refractivity contribution in [2.75, 3.05) is 0 Å². The quantitative estimate of drug-likeness (QED) is 0.896. The van der Waals surface area contributed by atoms with Gasteiger partial charge in [0.15, 0.2) is 5.84 Å². The second kappa shape index (κ2) is 4.84. The molecule has 0 amide bonds. The van der Waals surface area contributed by atoms with Crippen LogP contribution in [0.3, 0.4) is 0 Å². The third-order valence-corrected chi connectivity index (χ3v) is 3.90. The van der Waals surface area contributed by atoms with Crippen LogP contribution < -0.4 is 11.4 Å². The molecule has 0 saturated heterocycles. The van der Waals surface area contributed by atoms with Crippen molar-refractivity contribution in [3.8, 4) is 0 Å². The van der Waals surface area contributed by atoms with Gasteiger partial charge in [0.1, 0.15) is 0 Å². The van der Waals surface area contributed by atoms with E-state index in [4.69, 9.17) is 5.73 Å². The van der Waals surface area contributed by atoms with Crippen molar-refractivity contribution in [1.82, 2.24) is 14.3 Å². The Kier molecular flexibility index (Phi) is 2.82. The van der Waals surface area contributed by atoms with Gasteiger partial charge in [0.25, 0.3) is 0 Å². The molecular formula is C16H15N5O. The van der Waals surface area contributed by atoms with Gasteiger partial charge in [0.05, 0.1) is 18.3 Å². The van der Waals surface area contributed by atoms with Crippen molar-refractivity contribution < 1.29 is 0 Å². The summed E-state index contributed by atoms with van der Waals surface area (Å²) in [6.07, 6.45) is 6.62. The molecule has 1 aliphatic carbocycles. The van der Waals surface area contributed by atoms with Crippen LogP contribution in [0.1, 0.15) is 17.8 Å². The van der Waals surface area contributed by atoms with Crippen LogP contribution in [0.5, 0.6) is 0 Å². The van der Waals surface area contributed by atoms with Crippen molar-refractivity contribution in [3.63, 3.8) is 0 Å². The number of hydrogen-bond donors (Lipinski definition) is 1. The molecule has 2 heterocycles. The number of nitrogens with two attached hydrogens (primary N) is 1. The molecule has 1 aliphatic heterocycles. The molecule has 2 aromatic rings. The Morgan fingerprint density at radius 2 is 2.09 bits per heavy atom. The van der Waals surface area contributed by atoms with Gasteiger partial charge in [-0.25, -0.2) is 14.0 Å². The normalized spacial score (nSPS) is 19.2. The summed E-state index contributed by atoms with van der Waals surface area (Å²) in [5, 5.41) is 4.36. The molecule has 2 aliphatic rings. The fourth-order valence-electron chi connectivity index (χ4n) is 2.84. The molecule has 4 rings (SSSR count). The fourth-order valence-corrected chi connectivity index (χ4v) is 2.84. The minimum absolute atomic E-state index is 0.0930. The Balaban J connectivity index is 1.83. The highest BCUT2D eigenvalue weighted by Crippen LogP contribution is 2.24. The Morgan fingerprint density at radius 1 is 1.27 bits per heavy atom. The number of hydrogen-bond acceptors (Lipinski definition) is 4. The Labute approximate surface area is 126 Å². The van der Waals surface area contributed by atoms with Crippen molar-refractivity contribution in [2.45, 2.75) is 19.0 Å². The summed E-state index contributed by atoms with van der Waals surface area (Å²) >= 11 is 0. The first-order chi connectivity index (χ1) is 10.7. The Bertz CT molecular complexity index is 870. The summed E-state index contributed by atoms with van der Waals surface area (Å²) in [6.45, 7) is 0.417. The average molecular weight is 293 g/mol. The number of benzene rings is 1. The van der Waals surface area contributed by atoms with Gasteiger partial charge in [0.2, 0.25) is 5.82 Å². The highest BCUT2D eigenvalue weighted by atomic mass is 16.2. The highest BCUT2D eigenvalue weighted by molar-refractivity contribution is 5.97. The molecule has 1 atom stereocenters. The number of amidine groups is 1. The standard InChI is InChI=1S/C16H15N5O/c17-14-15-19-20(10-11-6-2-1-3-7-11)16(22)21(15)13-9-5-4-8-12(13)18-14/h1-7,9,12H,8,10H2,(H2,17,18). The van der Waals surface area contributed by atoms with Gasteiger partial charge in [0, 0.05) is 0 Å². The van der Waals surface area contributed by atoms with Gasteiger partial charge < -0.3 is 5.73 Å². The maximum absolute atomic E-state index is 12.7. The predicted molar refractivity (Wildman–Crippen MR) is 84.6 cm³/mol. The van der Waals surface area contributed by atoms with Crippen molar-refractivity contribution >= 4 is 11.5 Å². The smallest absolute Gasteiger partial charge is 0.351 e. The van der Waals surface area contributed by atoms with E-state index < -0.39 is 0 Å². The third kappa shape index (κ3) is 1.92. The lowest BCUT2D eigenvalue weighted by molar-refractivity contribution is 0.652. The average Bonchev–Trinajstić information content (AvgIpc) is 2.87. The van der Waals surface area contributed by atoms with E-state index in [0.29, 0.717) is 18.2 Å². The maximum Gasteiger partial charge on any atom is 0.351 e. The summed E-state index contributed by atoms with van der Waals surface area (Å²) < 4.78 is 3.02. The van der Waals surface area contributed by atoms with E-state index in [2.05, 4.69) is 10.1 Å². The molecule has 110 valence electrons. The molecule has 6 heteroatoms. The van der Waals surface area contributed by atoms with E-state index in [1.807, 2.05) is 48.6 Å². The van der Waals surface area contributed by atoms with Crippen LogP contribution in [0.15, 0.2) is 58.3 Å². The monoisotopic (exact) mass is 293 g/mol. The second-order valence-corrected chi connectivity index (χ2v) is 5.37. The molecule has 1 aromatic carbocycles. The third-order valence-electron chi connectivity index (χ3n) is 3.90. The zero-order chi connectivity index (χ0) is 15.1. The molecule has 0 radical (unpaired) electrons. The van der Waals surface area contributed by atoms with Gasteiger partial charge in [-0.2, -0.15) is 0 Å². The van der Waals surface area contributed by atoms with Gasteiger partial charge in [-0.3, -0.25) is 4.99 Å². The molecule has 6 nitrogen and oxygen atoms in total. The molecular weight excluding hydrogens is 278 g/mol. The van der Waals surface area contributed by atoms with E-state index in [0.717, 1.165) is 17.7 Å². The predicted octanol–water partition coefficient (Wildman–Crippen LogP) is 0.981. The summed E-state index contributed by atoms with van der Waals surface area (Å²) in [4.78, 5) is 17.2. The van der Waals surface area contributed by atoms with Gasteiger partial charge in [-0.1, -0.05) is 42.5 Å². The molecule has 0 fully saturated rings. The van der Waals surface area contributed by atoms with Crippen molar-refractivity contribution in [3.05, 3.63) is 70.4 Å². The summed E-state index contributed by atoms with van der Waals surface area (Å²) in [5.41, 5.74) is 7.68. The first-order valence-electron chi connectivity index (χ1n) is 7.18. The van der Waals surface area contributed by atoms with Gasteiger partial charge in [-0.05, 0) is 18.1 Å². The number of aromatic nitrogens is 3. The largest absolute Gasteiger partial charge is 0.381 e. The highest BCUT2D eigenvalue weighted by Gasteiger charge is 2.29. The number of allylic oxidation sites excluding steroid dienone is 2. The van der Waals surface area contributed by atoms with Crippen LogP contribution in [0.2, 0.25) is 0 Å². The van der Waals surface area contributed by atoms with Gasteiger partial charge >= 0.3 is 5.69 Å². The summed E-state index contributed by atoms with van der Waals surface area (Å²) in [6, 6.07) is 9.66. The zero-order valence-corrected chi connectivity index (χ0v) is 11.9. The van der Waals surface area contributed by atoms with Crippen LogP contribution >= 0.6 is 0 Å². The van der Waals surface area contributed by atoms with Crippen molar-refractivity contribution in [2.24, 2.45) is 10.7 Å². The molecule has 22 heavy (non-hydrogen) atoms. The second-order valence-electron chi connectivity index (χ2n) is 5.37. The molecule has 0 spiro atoms. The minimum atomic E-state index is -0.178. The Morgan fingerprint density at radius 3 is 2.91 bits per heavy atom. The number of fused-ring (bicyclic) bond motifs is 3. The SMILES string of the molecule is NC1=NC2CC=CC=C2n2c1nn(Cc1ccccc1)c2=O. The van der Waals surface area contributed by atoms with Crippen LogP contribution in [0.25, 0.3) is 5.70 Å². The van der Waals surface area contributed by atoms with E-state index in [-0.39, 0.29) is 11.7 Å². The number of rotatable bonds is 2. The van der Waals surface area contributed by atoms with Crippen LogP contribution in [0, 0.1) is 0 Å². The Hall–Kier alpha value is -2.89. The van der Waals surface area contributed by atoms with Gasteiger partial charge in [-0.15, -0.1) is 5.10 Å².